The number of nitrogens with one attached hydrogen (secondary N) is 1. The Morgan fingerprint density at radius 1 is 1.50 bits per heavy atom. The first-order valence-electron chi connectivity index (χ1n) is 6.07. The van der Waals surface area contributed by atoms with E-state index in [0.717, 1.165) is 0 Å². The number of carboxylic acid groups (broad SMARTS) is 1. The van der Waals surface area contributed by atoms with Crippen molar-refractivity contribution in [1.82, 2.24) is 5.32 Å². The molecule has 2 N–H and O–H groups in total. The normalized spacial score (nSPS) is 18.9. The lowest BCUT2D eigenvalue weighted by Crippen LogP contribution is -2.58. The van der Waals surface area contributed by atoms with Gasteiger partial charge in [0, 0.05) is 0 Å². The summed E-state index contributed by atoms with van der Waals surface area (Å²) in [7, 11) is 0. The number of carbonyl (C=O) groups excluding carboxylic acids is 2. The molecule has 1 fully saturated rings. The first kappa shape index (κ1) is 14.3. The molecule has 2 amide bonds. The average molecular weight is 297 g/mol. The van der Waals surface area contributed by atoms with Gasteiger partial charge in [-0.15, -0.1) is 0 Å². The molecule has 6 nitrogen and oxygen atoms in total. The number of hydrogen-bond acceptors (Lipinski definition) is 4. The second-order valence-electron chi connectivity index (χ2n) is 4.44. The van der Waals surface area contributed by atoms with Crippen LogP contribution in [0.25, 0.3) is 0 Å². The maximum Gasteiger partial charge on any atom is 0.335 e. The fourth-order valence-electron chi connectivity index (χ4n) is 2.20. The smallest absolute Gasteiger partial charge is 0.335 e. The van der Waals surface area contributed by atoms with Crippen molar-refractivity contribution in [3.8, 4) is 0 Å². The predicted molar refractivity (Wildman–Crippen MR) is 73.0 cm³/mol. The highest BCUT2D eigenvalue weighted by Gasteiger charge is 2.33. The second kappa shape index (κ2) is 5.50. The van der Waals surface area contributed by atoms with Crippen molar-refractivity contribution < 1.29 is 19.5 Å². The van der Waals surface area contributed by atoms with Gasteiger partial charge in [0.05, 0.1) is 22.8 Å². The second-order valence-corrected chi connectivity index (χ2v) is 4.84. The van der Waals surface area contributed by atoms with Crippen molar-refractivity contribution in [3.05, 3.63) is 28.8 Å². The van der Waals surface area contributed by atoms with E-state index in [1.54, 1.807) is 4.90 Å². The van der Waals surface area contributed by atoms with Gasteiger partial charge in [-0.2, -0.15) is 0 Å². The highest BCUT2D eigenvalue weighted by Crippen LogP contribution is 2.30. The molecule has 0 saturated carbocycles. The number of carboxylic acids is 1. The number of benzene rings is 1. The molecule has 1 saturated heterocycles. The van der Waals surface area contributed by atoms with E-state index in [-0.39, 0.29) is 23.0 Å². The maximum absolute atomic E-state index is 11.8. The molecule has 7 heteroatoms. The van der Waals surface area contributed by atoms with Gasteiger partial charge >= 0.3 is 5.97 Å². The SMILES string of the molecule is CCC1C(=O)NC(=O)CN1c1ccc(C(=O)O)cc1Cl. The molecule has 1 unspecified atom stereocenters. The van der Waals surface area contributed by atoms with E-state index in [1.165, 1.54) is 18.2 Å². The summed E-state index contributed by atoms with van der Waals surface area (Å²) in [4.78, 5) is 35.8. The zero-order chi connectivity index (χ0) is 14.9. The van der Waals surface area contributed by atoms with E-state index in [4.69, 9.17) is 16.7 Å². The lowest BCUT2D eigenvalue weighted by molar-refractivity contribution is -0.132. The van der Waals surface area contributed by atoms with E-state index in [2.05, 4.69) is 5.32 Å². The van der Waals surface area contributed by atoms with Gasteiger partial charge in [-0.05, 0) is 24.6 Å². The van der Waals surface area contributed by atoms with Crippen LogP contribution in [0.1, 0.15) is 23.7 Å². The number of anilines is 1. The number of amides is 2. The van der Waals surface area contributed by atoms with Crippen LogP contribution in [0, 0.1) is 0 Å². The lowest BCUT2D eigenvalue weighted by Gasteiger charge is -2.35. The Hall–Kier alpha value is -2.08. The molecule has 1 atom stereocenters. The number of piperazine rings is 1. The number of carbonyl (C=O) groups is 3. The Bertz CT molecular complexity index is 588. The third-order valence-corrected chi connectivity index (χ3v) is 3.45. The summed E-state index contributed by atoms with van der Waals surface area (Å²) >= 11 is 6.08. The molecule has 20 heavy (non-hydrogen) atoms. The lowest BCUT2D eigenvalue weighted by atomic mass is 10.1. The molecule has 0 radical (unpaired) electrons. The van der Waals surface area contributed by atoms with Crippen LogP contribution in [0.3, 0.4) is 0 Å². The molecule has 2 rings (SSSR count). The summed E-state index contributed by atoms with van der Waals surface area (Å²) in [5.41, 5.74) is 0.534. The Labute approximate surface area is 120 Å². The highest BCUT2D eigenvalue weighted by atomic mass is 35.5. The van der Waals surface area contributed by atoms with Crippen LogP contribution in [-0.2, 0) is 9.59 Å². The van der Waals surface area contributed by atoms with E-state index in [1.807, 2.05) is 6.92 Å². The molecule has 1 aromatic carbocycles. The van der Waals surface area contributed by atoms with Crippen molar-refractivity contribution in [1.29, 1.82) is 0 Å². The zero-order valence-corrected chi connectivity index (χ0v) is 11.5. The standard InChI is InChI=1S/C13H13ClN2O4/c1-2-9-12(18)15-11(17)6-16(9)10-4-3-7(13(19)20)5-8(10)14/h3-5,9H,2,6H2,1H3,(H,19,20)(H,15,17,18). The van der Waals surface area contributed by atoms with Crippen LogP contribution in [0.2, 0.25) is 5.02 Å². The molecule has 1 aromatic rings. The number of rotatable bonds is 3. The van der Waals surface area contributed by atoms with Crippen LogP contribution in [0.4, 0.5) is 5.69 Å². The Morgan fingerprint density at radius 3 is 2.75 bits per heavy atom. The largest absolute Gasteiger partial charge is 0.478 e. The number of hydrogen-bond donors (Lipinski definition) is 2. The van der Waals surface area contributed by atoms with Crippen LogP contribution >= 0.6 is 11.6 Å². The van der Waals surface area contributed by atoms with Gasteiger partial charge in [-0.1, -0.05) is 18.5 Å². The van der Waals surface area contributed by atoms with Crippen molar-refractivity contribution in [2.75, 3.05) is 11.4 Å². The minimum absolute atomic E-state index is 0.0103. The quantitative estimate of drug-likeness (QED) is 0.821. The third kappa shape index (κ3) is 2.60. The van der Waals surface area contributed by atoms with Crippen molar-refractivity contribution in [3.63, 3.8) is 0 Å². The summed E-state index contributed by atoms with van der Waals surface area (Å²) in [5, 5.41) is 11.4. The fraction of sp³-hybridized carbons (Fsp3) is 0.308. The van der Waals surface area contributed by atoms with Gasteiger partial charge in [0.1, 0.15) is 6.04 Å². The van der Waals surface area contributed by atoms with Crippen LogP contribution in [-0.4, -0.2) is 35.5 Å². The van der Waals surface area contributed by atoms with Crippen molar-refractivity contribution in [2.24, 2.45) is 0 Å². The fourth-order valence-corrected chi connectivity index (χ4v) is 2.49. The number of aromatic carboxylic acids is 1. The van der Waals surface area contributed by atoms with Gasteiger partial charge < -0.3 is 10.0 Å². The molecular weight excluding hydrogens is 284 g/mol. The van der Waals surface area contributed by atoms with Gasteiger partial charge in [-0.3, -0.25) is 14.9 Å². The van der Waals surface area contributed by atoms with Crippen LogP contribution in [0.15, 0.2) is 18.2 Å². The van der Waals surface area contributed by atoms with E-state index in [9.17, 15) is 14.4 Å². The summed E-state index contributed by atoms with van der Waals surface area (Å²) < 4.78 is 0. The molecular formula is C13H13ClN2O4. The average Bonchev–Trinajstić information content (AvgIpc) is 2.37. The molecule has 0 aromatic heterocycles. The van der Waals surface area contributed by atoms with Crippen LogP contribution < -0.4 is 10.2 Å². The maximum atomic E-state index is 11.8. The Kier molecular flexibility index (Phi) is 3.94. The Balaban J connectivity index is 2.40. The molecule has 0 aliphatic carbocycles. The summed E-state index contributed by atoms with van der Waals surface area (Å²) in [6.45, 7) is 1.84. The third-order valence-electron chi connectivity index (χ3n) is 3.15. The van der Waals surface area contributed by atoms with Crippen LogP contribution in [0.5, 0.6) is 0 Å². The molecule has 0 bridgehead atoms. The van der Waals surface area contributed by atoms with Gasteiger partial charge in [0.25, 0.3) is 0 Å². The number of nitrogens with zero attached hydrogens (tertiary/aromatic N) is 1. The van der Waals surface area contributed by atoms with Gasteiger partial charge in [-0.25, -0.2) is 4.79 Å². The molecule has 106 valence electrons. The molecule has 1 aliphatic heterocycles. The Morgan fingerprint density at radius 2 is 2.20 bits per heavy atom. The monoisotopic (exact) mass is 296 g/mol. The van der Waals surface area contributed by atoms with E-state index < -0.39 is 17.9 Å². The topological polar surface area (TPSA) is 86.7 Å². The van der Waals surface area contributed by atoms with Gasteiger partial charge in [0.2, 0.25) is 11.8 Å². The number of halogens is 1. The minimum atomic E-state index is -1.09. The zero-order valence-electron chi connectivity index (χ0n) is 10.7. The minimum Gasteiger partial charge on any atom is -0.478 e. The molecule has 1 aliphatic rings. The first-order chi connectivity index (χ1) is 9.43. The first-order valence-corrected chi connectivity index (χ1v) is 6.45. The summed E-state index contributed by atoms with van der Waals surface area (Å²) in [6, 6.07) is 3.72. The van der Waals surface area contributed by atoms with Crippen molar-refractivity contribution in [2.45, 2.75) is 19.4 Å². The van der Waals surface area contributed by atoms with E-state index >= 15 is 0 Å². The number of imide groups is 1. The molecule has 0 spiro atoms. The highest BCUT2D eigenvalue weighted by molar-refractivity contribution is 6.33. The van der Waals surface area contributed by atoms with Crippen molar-refractivity contribution >= 4 is 35.1 Å². The molecule has 1 heterocycles. The van der Waals surface area contributed by atoms with Gasteiger partial charge in [0.15, 0.2) is 0 Å². The predicted octanol–water partition coefficient (Wildman–Crippen LogP) is 1.28. The summed E-state index contributed by atoms with van der Waals surface area (Å²) in [6.07, 6.45) is 0.510. The summed E-state index contributed by atoms with van der Waals surface area (Å²) in [5.74, 6) is -1.86. The van der Waals surface area contributed by atoms with E-state index in [0.29, 0.717) is 12.1 Å².